The Labute approximate surface area is 185 Å². The Morgan fingerprint density at radius 3 is 2.47 bits per heavy atom. The number of rotatable bonds is 5. The first-order chi connectivity index (χ1) is 15.4. The number of aromatic nitrogens is 3. The van der Waals surface area contributed by atoms with E-state index in [9.17, 15) is 9.90 Å². The van der Waals surface area contributed by atoms with Crippen molar-refractivity contribution in [2.24, 2.45) is 17.3 Å². The lowest BCUT2D eigenvalue weighted by atomic mass is 9.86. The highest BCUT2D eigenvalue weighted by Crippen LogP contribution is 2.33. The van der Waals surface area contributed by atoms with E-state index in [1.807, 2.05) is 36.0 Å². The standard InChI is InChI=1S/C24H23N5O3/c1-23(29-18-8-6-16-25-29)14-4-5-15-24(23,31)32-22(30)19-10-12-20(13-11-19)26-27-21-9-3-7-17-28(21)2/h3-18,31H,1-2H3/q+2. The molecule has 1 aromatic carbocycles. The van der Waals surface area contributed by atoms with Gasteiger partial charge in [0, 0.05) is 19.1 Å². The van der Waals surface area contributed by atoms with Crippen LogP contribution in [0.2, 0.25) is 0 Å². The van der Waals surface area contributed by atoms with E-state index in [0.717, 1.165) is 0 Å². The maximum atomic E-state index is 12.8. The van der Waals surface area contributed by atoms with E-state index in [0.29, 0.717) is 11.5 Å². The zero-order valence-corrected chi connectivity index (χ0v) is 17.7. The molecule has 0 saturated carbocycles. The van der Waals surface area contributed by atoms with Crippen LogP contribution in [0.25, 0.3) is 0 Å². The fourth-order valence-electron chi connectivity index (χ4n) is 3.29. The summed E-state index contributed by atoms with van der Waals surface area (Å²) in [4.78, 5) is 12.8. The van der Waals surface area contributed by atoms with Crippen LogP contribution in [0.4, 0.5) is 11.5 Å². The van der Waals surface area contributed by atoms with E-state index in [2.05, 4.69) is 15.3 Å². The Morgan fingerprint density at radius 2 is 1.75 bits per heavy atom. The second-order valence-corrected chi connectivity index (χ2v) is 7.51. The van der Waals surface area contributed by atoms with Crippen molar-refractivity contribution in [2.45, 2.75) is 18.2 Å². The molecular weight excluding hydrogens is 406 g/mol. The van der Waals surface area contributed by atoms with Crippen LogP contribution in [0.3, 0.4) is 0 Å². The highest BCUT2D eigenvalue weighted by Gasteiger charge is 2.57. The minimum absolute atomic E-state index is 0.277. The van der Waals surface area contributed by atoms with Gasteiger partial charge in [0.15, 0.2) is 6.20 Å². The van der Waals surface area contributed by atoms with Gasteiger partial charge in [0.25, 0.3) is 5.54 Å². The lowest BCUT2D eigenvalue weighted by Gasteiger charge is -2.35. The number of pyridine rings is 1. The zero-order valence-electron chi connectivity index (χ0n) is 17.7. The number of esters is 1. The van der Waals surface area contributed by atoms with Gasteiger partial charge in [0.1, 0.15) is 5.69 Å². The molecule has 32 heavy (non-hydrogen) atoms. The van der Waals surface area contributed by atoms with Crippen LogP contribution in [0.1, 0.15) is 17.3 Å². The number of azo groups is 1. The van der Waals surface area contributed by atoms with Crippen LogP contribution in [-0.2, 0) is 17.3 Å². The number of nitrogens with zero attached hydrogens (tertiary/aromatic N) is 5. The molecule has 0 saturated heterocycles. The summed E-state index contributed by atoms with van der Waals surface area (Å²) >= 11 is 0. The maximum Gasteiger partial charge on any atom is 0.350 e. The summed E-state index contributed by atoms with van der Waals surface area (Å²) in [6.45, 7) is 1.74. The molecule has 2 atom stereocenters. The van der Waals surface area contributed by atoms with Gasteiger partial charge < -0.3 is 9.84 Å². The Hall–Kier alpha value is -4.04. The summed E-state index contributed by atoms with van der Waals surface area (Å²) in [6.07, 6.45) is 11.8. The largest absolute Gasteiger partial charge is 0.418 e. The smallest absolute Gasteiger partial charge is 0.350 e. The molecule has 0 radical (unpaired) electrons. The van der Waals surface area contributed by atoms with E-state index in [-0.39, 0.29) is 5.56 Å². The van der Waals surface area contributed by atoms with Gasteiger partial charge in [-0.15, -0.1) is 0 Å². The Morgan fingerprint density at radius 1 is 1.00 bits per heavy atom. The van der Waals surface area contributed by atoms with Crippen LogP contribution >= 0.6 is 0 Å². The molecule has 1 aliphatic rings. The van der Waals surface area contributed by atoms with Gasteiger partial charge in [-0.25, -0.2) is 9.36 Å². The molecule has 2 heterocycles. The molecule has 8 nitrogen and oxygen atoms in total. The van der Waals surface area contributed by atoms with Crippen LogP contribution in [0.5, 0.6) is 0 Å². The highest BCUT2D eigenvalue weighted by atomic mass is 16.7. The number of aryl methyl sites for hydroxylation is 1. The van der Waals surface area contributed by atoms with Crippen molar-refractivity contribution in [2.75, 3.05) is 0 Å². The van der Waals surface area contributed by atoms with Crippen molar-refractivity contribution >= 4 is 17.5 Å². The quantitative estimate of drug-likeness (QED) is 0.292. The maximum absolute atomic E-state index is 12.8. The van der Waals surface area contributed by atoms with Gasteiger partial charge in [0.2, 0.25) is 0 Å². The average molecular weight is 429 g/mol. The number of aliphatic hydroxyl groups is 1. The van der Waals surface area contributed by atoms with Crippen molar-refractivity contribution in [3.05, 3.63) is 103 Å². The molecule has 0 bridgehead atoms. The van der Waals surface area contributed by atoms with Crippen molar-refractivity contribution < 1.29 is 23.9 Å². The Balaban J connectivity index is 1.52. The minimum Gasteiger partial charge on any atom is -0.418 e. The molecule has 2 unspecified atom stereocenters. The third kappa shape index (κ3) is 4.08. The van der Waals surface area contributed by atoms with Gasteiger partial charge in [-0.1, -0.05) is 22.9 Å². The molecule has 0 spiro atoms. The zero-order chi connectivity index (χ0) is 22.6. The molecule has 8 heteroatoms. The molecule has 0 aliphatic heterocycles. The van der Waals surface area contributed by atoms with Crippen molar-refractivity contribution in [3.63, 3.8) is 0 Å². The summed E-state index contributed by atoms with van der Waals surface area (Å²) in [5, 5.41) is 24.0. The van der Waals surface area contributed by atoms with Crippen molar-refractivity contribution in [3.8, 4) is 0 Å². The summed E-state index contributed by atoms with van der Waals surface area (Å²) in [5.41, 5.74) is -0.268. The van der Waals surface area contributed by atoms with Gasteiger partial charge in [-0.2, -0.15) is 0 Å². The van der Waals surface area contributed by atoms with Gasteiger partial charge in [-0.05, 0) is 58.8 Å². The number of ether oxygens (including phenoxy) is 1. The highest BCUT2D eigenvalue weighted by molar-refractivity contribution is 5.90. The van der Waals surface area contributed by atoms with E-state index >= 15 is 0 Å². The Kier molecular flexibility index (Phi) is 5.70. The molecule has 2 aromatic heterocycles. The summed E-state index contributed by atoms with van der Waals surface area (Å²) in [6, 6.07) is 15.7. The summed E-state index contributed by atoms with van der Waals surface area (Å²) in [5.74, 6) is -1.91. The molecule has 0 fully saturated rings. The number of carbonyl (C=O) groups excluding carboxylic acids is 1. The van der Waals surface area contributed by atoms with E-state index in [1.54, 1.807) is 78.6 Å². The van der Waals surface area contributed by atoms with E-state index < -0.39 is 17.3 Å². The van der Waals surface area contributed by atoms with E-state index in [1.165, 1.54) is 6.08 Å². The van der Waals surface area contributed by atoms with Gasteiger partial charge >= 0.3 is 17.6 Å². The fraction of sp³-hybridized carbons (Fsp3) is 0.167. The number of hydrogen-bond acceptors (Lipinski definition) is 6. The number of hydrogen-bond donors (Lipinski definition) is 1. The molecule has 3 aromatic rings. The molecular formula is C24H23N5O3+2. The van der Waals surface area contributed by atoms with Crippen LogP contribution < -0.4 is 9.25 Å². The second-order valence-electron chi connectivity index (χ2n) is 7.51. The van der Waals surface area contributed by atoms with Crippen molar-refractivity contribution in [1.82, 2.24) is 5.10 Å². The molecule has 1 aliphatic carbocycles. The second kappa shape index (κ2) is 8.60. The van der Waals surface area contributed by atoms with Crippen LogP contribution in [0, 0.1) is 0 Å². The molecule has 4 rings (SSSR count). The molecule has 160 valence electrons. The Bertz CT molecular complexity index is 1210. The third-order valence-electron chi connectivity index (χ3n) is 5.32. The monoisotopic (exact) mass is 429 g/mol. The number of carbonyl (C=O) groups is 1. The molecule has 1 N–H and O–H groups in total. The summed E-state index contributed by atoms with van der Waals surface area (Å²) < 4.78 is 8.98. The third-order valence-corrected chi connectivity index (χ3v) is 5.32. The molecule has 0 amide bonds. The normalized spacial score (nSPS) is 22.2. The lowest BCUT2D eigenvalue weighted by Crippen LogP contribution is -2.69. The van der Waals surface area contributed by atoms with Gasteiger partial charge in [0.05, 0.1) is 30.1 Å². The average Bonchev–Trinajstić information content (AvgIpc) is 2.81. The van der Waals surface area contributed by atoms with Gasteiger partial charge in [-0.3, -0.25) is 0 Å². The van der Waals surface area contributed by atoms with Crippen LogP contribution in [-0.4, -0.2) is 22.0 Å². The first kappa shape index (κ1) is 21.2. The van der Waals surface area contributed by atoms with E-state index in [4.69, 9.17) is 4.74 Å². The fourth-order valence-corrected chi connectivity index (χ4v) is 3.29. The summed E-state index contributed by atoms with van der Waals surface area (Å²) in [7, 11) is 1.88. The first-order valence-electron chi connectivity index (χ1n) is 10.0. The lowest BCUT2D eigenvalue weighted by molar-refractivity contribution is -0.819. The number of allylic oxidation sites excluding steroid dienone is 2. The van der Waals surface area contributed by atoms with Crippen LogP contribution in [0.15, 0.2) is 108 Å². The predicted octanol–water partition coefficient (Wildman–Crippen LogP) is 3.00. The topological polar surface area (TPSA) is 91.9 Å². The SMILES string of the molecule is C[n+]1ccccc1N=Nc1ccc(C(=O)OC2(O)C=CC=CC2(C)[n+]2ccccn2)cc1. The number of benzene rings is 1. The minimum atomic E-state index is -1.93. The first-order valence-corrected chi connectivity index (χ1v) is 10.0. The van der Waals surface area contributed by atoms with Crippen molar-refractivity contribution in [1.29, 1.82) is 0 Å². The predicted molar refractivity (Wildman–Crippen MR) is 115 cm³/mol.